The number of halogens is 1. The van der Waals surface area contributed by atoms with Gasteiger partial charge in [0, 0.05) is 11.1 Å². The standard InChI is InChI=1S/C18H18FN3O4/c1-25-15-8-4-6-13(17(15)26-2)10-21-22-16(23)11-20-18(24)12-5-3-7-14(19)9-12/h3-10H,11H2,1-2H3,(H,20,24)(H,22,23)/b21-10+. The van der Waals surface area contributed by atoms with E-state index in [1.807, 2.05) is 0 Å². The average Bonchev–Trinajstić information content (AvgIpc) is 2.65. The van der Waals surface area contributed by atoms with Crippen molar-refractivity contribution in [2.45, 2.75) is 0 Å². The first-order valence-electron chi connectivity index (χ1n) is 7.61. The van der Waals surface area contributed by atoms with Crippen LogP contribution >= 0.6 is 0 Å². The van der Waals surface area contributed by atoms with Crippen LogP contribution in [0.1, 0.15) is 15.9 Å². The van der Waals surface area contributed by atoms with E-state index in [1.54, 1.807) is 18.2 Å². The number of carbonyl (C=O) groups excluding carboxylic acids is 2. The Morgan fingerprint density at radius 2 is 1.92 bits per heavy atom. The Kier molecular flexibility index (Phi) is 6.67. The minimum Gasteiger partial charge on any atom is -0.493 e. The number of rotatable bonds is 7. The molecule has 0 heterocycles. The fraction of sp³-hybridized carbons (Fsp3) is 0.167. The van der Waals surface area contributed by atoms with Gasteiger partial charge >= 0.3 is 0 Å². The Balaban J connectivity index is 1.89. The zero-order valence-electron chi connectivity index (χ0n) is 14.3. The molecule has 0 atom stereocenters. The summed E-state index contributed by atoms with van der Waals surface area (Å²) in [5, 5.41) is 6.20. The van der Waals surface area contributed by atoms with Gasteiger partial charge in [0.1, 0.15) is 5.82 Å². The number of amides is 2. The van der Waals surface area contributed by atoms with Crippen LogP contribution in [0.3, 0.4) is 0 Å². The molecule has 26 heavy (non-hydrogen) atoms. The number of nitrogens with zero attached hydrogens (tertiary/aromatic N) is 1. The third-order valence-corrected chi connectivity index (χ3v) is 3.32. The molecule has 0 aliphatic carbocycles. The van der Waals surface area contributed by atoms with Crippen LogP contribution in [0.25, 0.3) is 0 Å². The van der Waals surface area contributed by atoms with Crippen LogP contribution in [-0.2, 0) is 4.79 Å². The molecule has 7 nitrogen and oxygen atoms in total. The predicted molar refractivity (Wildman–Crippen MR) is 94.0 cm³/mol. The van der Waals surface area contributed by atoms with E-state index in [2.05, 4.69) is 15.8 Å². The largest absolute Gasteiger partial charge is 0.493 e. The molecule has 0 aliphatic rings. The second kappa shape index (κ2) is 9.16. The third-order valence-electron chi connectivity index (χ3n) is 3.32. The van der Waals surface area contributed by atoms with Gasteiger partial charge in [-0.05, 0) is 30.3 Å². The summed E-state index contributed by atoms with van der Waals surface area (Å²) in [4.78, 5) is 23.6. The summed E-state index contributed by atoms with van der Waals surface area (Å²) < 4.78 is 23.5. The van der Waals surface area contributed by atoms with Crippen LogP contribution in [0.4, 0.5) is 4.39 Å². The third kappa shape index (κ3) is 5.04. The highest BCUT2D eigenvalue weighted by Crippen LogP contribution is 2.29. The first-order chi connectivity index (χ1) is 12.5. The number of hydrazone groups is 1. The molecule has 0 radical (unpaired) electrons. The van der Waals surface area contributed by atoms with Crippen molar-refractivity contribution in [1.82, 2.24) is 10.7 Å². The molecule has 0 saturated heterocycles. The molecule has 0 spiro atoms. The van der Waals surface area contributed by atoms with Crippen LogP contribution in [0.2, 0.25) is 0 Å². The van der Waals surface area contributed by atoms with E-state index in [-0.39, 0.29) is 12.1 Å². The van der Waals surface area contributed by atoms with Gasteiger partial charge in [-0.2, -0.15) is 5.10 Å². The zero-order chi connectivity index (χ0) is 18.9. The van der Waals surface area contributed by atoms with E-state index in [0.717, 1.165) is 6.07 Å². The Morgan fingerprint density at radius 1 is 1.15 bits per heavy atom. The van der Waals surface area contributed by atoms with Crippen molar-refractivity contribution in [2.24, 2.45) is 5.10 Å². The molecular weight excluding hydrogens is 341 g/mol. The highest BCUT2D eigenvalue weighted by Gasteiger charge is 2.09. The lowest BCUT2D eigenvalue weighted by Crippen LogP contribution is -2.34. The summed E-state index contributed by atoms with van der Waals surface area (Å²) in [6.07, 6.45) is 1.40. The quantitative estimate of drug-likeness (QED) is 0.582. The van der Waals surface area contributed by atoms with Gasteiger partial charge in [-0.3, -0.25) is 9.59 Å². The van der Waals surface area contributed by atoms with E-state index < -0.39 is 17.6 Å². The maximum Gasteiger partial charge on any atom is 0.259 e. The molecule has 2 aromatic rings. The van der Waals surface area contributed by atoms with E-state index >= 15 is 0 Å². The maximum atomic E-state index is 13.1. The van der Waals surface area contributed by atoms with Crippen molar-refractivity contribution in [3.63, 3.8) is 0 Å². The Bertz CT molecular complexity index is 824. The summed E-state index contributed by atoms with van der Waals surface area (Å²) in [7, 11) is 3.01. The Morgan fingerprint density at radius 3 is 2.62 bits per heavy atom. The molecule has 0 bridgehead atoms. The number of nitrogens with one attached hydrogen (secondary N) is 2. The number of ether oxygens (including phenoxy) is 2. The van der Waals surface area contributed by atoms with Crippen LogP contribution < -0.4 is 20.2 Å². The number of carbonyl (C=O) groups is 2. The van der Waals surface area contributed by atoms with Crippen molar-refractivity contribution in [3.05, 3.63) is 59.4 Å². The second-order valence-electron chi connectivity index (χ2n) is 5.07. The fourth-order valence-electron chi connectivity index (χ4n) is 2.12. The van der Waals surface area contributed by atoms with Crippen molar-refractivity contribution < 1.29 is 23.5 Å². The molecule has 2 rings (SSSR count). The summed E-state index contributed by atoms with van der Waals surface area (Å²) in [5.41, 5.74) is 3.02. The molecule has 0 saturated carbocycles. The molecule has 2 N–H and O–H groups in total. The van der Waals surface area contributed by atoms with Crippen LogP contribution in [0.15, 0.2) is 47.6 Å². The van der Waals surface area contributed by atoms with Gasteiger partial charge < -0.3 is 14.8 Å². The molecule has 136 valence electrons. The van der Waals surface area contributed by atoms with Gasteiger partial charge in [0.2, 0.25) is 0 Å². The lowest BCUT2D eigenvalue weighted by atomic mass is 10.2. The first kappa shape index (κ1) is 18.9. The summed E-state index contributed by atoms with van der Waals surface area (Å²) in [6.45, 7) is -0.304. The first-order valence-corrected chi connectivity index (χ1v) is 7.61. The van der Waals surface area contributed by atoms with Gasteiger partial charge in [0.05, 0.1) is 27.0 Å². The Hall–Kier alpha value is -3.42. The van der Waals surface area contributed by atoms with Gasteiger partial charge in [0.15, 0.2) is 11.5 Å². The van der Waals surface area contributed by atoms with Crippen LogP contribution in [0, 0.1) is 5.82 Å². The van der Waals surface area contributed by atoms with Crippen molar-refractivity contribution in [2.75, 3.05) is 20.8 Å². The van der Waals surface area contributed by atoms with Gasteiger partial charge in [0.25, 0.3) is 11.8 Å². The number of hydrogen-bond donors (Lipinski definition) is 2. The molecule has 0 aliphatic heterocycles. The van der Waals surface area contributed by atoms with Crippen molar-refractivity contribution in [1.29, 1.82) is 0 Å². The van der Waals surface area contributed by atoms with Gasteiger partial charge in [-0.1, -0.05) is 12.1 Å². The molecule has 8 heteroatoms. The topological polar surface area (TPSA) is 89.0 Å². The van der Waals surface area contributed by atoms with E-state index in [9.17, 15) is 14.0 Å². The highest BCUT2D eigenvalue weighted by atomic mass is 19.1. The SMILES string of the molecule is COc1cccc(/C=N/NC(=O)CNC(=O)c2cccc(F)c2)c1OC. The van der Waals surface area contributed by atoms with Crippen molar-refractivity contribution in [3.8, 4) is 11.5 Å². The Labute approximate surface area is 149 Å². The zero-order valence-corrected chi connectivity index (χ0v) is 14.3. The number of methoxy groups -OCH3 is 2. The van der Waals surface area contributed by atoms with E-state index in [0.29, 0.717) is 17.1 Å². The van der Waals surface area contributed by atoms with Gasteiger partial charge in [-0.25, -0.2) is 9.82 Å². The molecule has 0 unspecified atom stereocenters. The molecule has 0 fully saturated rings. The lowest BCUT2D eigenvalue weighted by molar-refractivity contribution is -0.120. The predicted octanol–water partition coefficient (Wildman–Crippen LogP) is 1.72. The summed E-state index contributed by atoms with van der Waals surface area (Å²) in [6, 6.07) is 10.4. The monoisotopic (exact) mass is 359 g/mol. The molecule has 2 aromatic carbocycles. The lowest BCUT2D eigenvalue weighted by Gasteiger charge is -2.09. The normalized spacial score (nSPS) is 10.4. The van der Waals surface area contributed by atoms with E-state index in [4.69, 9.17) is 9.47 Å². The average molecular weight is 359 g/mol. The molecular formula is C18H18FN3O4. The van der Waals surface area contributed by atoms with Crippen LogP contribution in [0.5, 0.6) is 11.5 Å². The smallest absolute Gasteiger partial charge is 0.259 e. The van der Waals surface area contributed by atoms with Crippen molar-refractivity contribution >= 4 is 18.0 Å². The number of para-hydroxylation sites is 1. The maximum absolute atomic E-state index is 13.1. The minimum absolute atomic E-state index is 0.127. The summed E-state index contributed by atoms with van der Waals surface area (Å²) in [5.74, 6) is -0.609. The minimum atomic E-state index is -0.557. The van der Waals surface area contributed by atoms with E-state index in [1.165, 1.54) is 38.6 Å². The number of hydrogen-bond acceptors (Lipinski definition) is 5. The van der Waals surface area contributed by atoms with Crippen LogP contribution in [-0.4, -0.2) is 38.8 Å². The number of benzene rings is 2. The molecule has 2 amide bonds. The van der Waals surface area contributed by atoms with Gasteiger partial charge in [-0.15, -0.1) is 0 Å². The second-order valence-corrected chi connectivity index (χ2v) is 5.07. The summed E-state index contributed by atoms with van der Waals surface area (Å²) >= 11 is 0. The highest BCUT2D eigenvalue weighted by molar-refractivity contribution is 5.96. The molecule has 0 aromatic heterocycles. The fourth-order valence-corrected chi connectivity index (χ4v) is 2.12.